The summed E-state index contributed by atoms with van der Waals surface area (Å²) in [5.74, 6) is 0.695. The molecule has 7 rings (SSSR count). The number of pyridine rings is 1. The minimum Gasteiger partial charge on any atom is -0.493 e. The highest BCUT2D eigenvalue weighted by Crippen LogP contribution is 2.34. The maximum Gasteiger partial charge on any atom is 0.337 e. The molecular formula is C35H29FN4O5. The van der Waals surface area contributed by atoms with Crippen LogP contribution in [0.1, 0.15) is 39.3 Å². The van der Waals surface area contributed by atoms with Gasteiger partial charge in [0.1, 0.15) is 24.0 Å². The lowest BCUT2D eigenvalue weighted by Crippen LogP contribution is -2.31. The molecule has 2 aliphatic heterocycles. The lowest BCUT2D eigenvalue weighted by molar-refractivity contribution is -0.0589. The molecule has 0 saturated carbocycles. The maximum atomic E-state index is 15.9. The zero-order chi connectivity index (χ0) is 30.9. The van der Waals surface area contributed by atoms with E-state index in [-0.39, 0.29) is 19.1 Å². The van der Waals surface area contributed by atoms with E-state index in [1.54, 1.807) is 48.5 Å². The second-order valence-electron chi connectivity index (χ2n) is 11.0. The molecule has 0 unspecified atom stereocenters. The van der Waals surface area contributed by atoms with Crippen LogP contribution in [0, 0.1) is 12.4 Å². The number of fused-ring (bicyclic) bond motifs is 7. The SMILES string of the molecule is [C-]#[N+]c1ccc2c(c1)CCOc1cc(c(F)cc1Cc1nc3ccc(C(=O)OC)cc3n1C[C@@H]1CCO1)-c1cccc(n1)OC2. The van der Waals surface area contributed by atoms with Crippen molar-refractivity contribution in [2.45, 2.75) is 38.5 Å². The summed E-state index contributed by atoms with van der Waals surface area (Å²) in [6, 6.07) is 19.2. The first kappa shape index (κ1) is 28.5. The lowest BCUT2D eigenvalue weighted by atomic mass is 10.0. The molecule has 1 fully saturated rings. The fourth-order valence-electron chi connectivity index (χ4n) is 5.75. The van der Waals surface area contributed by atoms with E-state index in [4.69, 9.17) is 30.5 Å². The number of rotatable bonds is 5. The Morgan fingerprint density at radius 3 is 2.76 bits per heavy atom. The molecule has 0 spiro atoms. The lowest BCUT2D eigenvalue weighted by Gasteiger charge is -2.27. The van der Waals surface area contributed by atoms with E-state index in [1.807, 2.05) is 16.7 Å². The molecule has 2 aliphatic rings. The Balaban J connectivity index is 1.30. The third-order valence-electron chi connectivity index (χ3n) is 8.25. The van der Waals surface area contributed by atoms with Gasteiger partial charge in [-0.2, -0.15) is 0 Å². The zero-order valence-corrected chi connectivity index (χ0v) is 24.6. The fraction of sp³-hybridized carbons (Fsp3) is 0.257. The van der Waals surface area contributed by atoms with Gasteiger partial charge in [0.2, 0.25) is 5.88 Å². The first-order valence-corrected chi connectivity index (χ1v) is 14.7. The van der Waals surface area contributed by atoms with Gasteiger partial charge in [0.25, 0.3) is 0 Å². The van der Waals surface area contributed by atoms with Crippen molar-refractivity contribution in [3.63, 3.8) is 0 Å². The largest absolute Gasteiger partial charge is 0.493 e. The summed E-state index contributed by atoms with van der Waals surface area (Å²) in [4.78, 5) is 25.4. The van der Waals surface area contributed by atoms with Crippen molar-refractivity contribution in [3.8, 4) is 22.9 Å². The Kier molecular flexibility index (Phi) is 7.61. The molecule has 4 heterocycles. The Morgan fingerprint density at radius 2 is 1.96 bits per heavy atom. The highest BCUT2D eigenvalue weighted by atomic mass is 19.1. The molecule has 2 aromatic heterocycles. The summed E-state index contributed by atoms with van der Waals surface area (Å²) in [6.07, 6.45) is 1.73. The number of imidazole rings is 1. The van der Waals surface area contributed by atoms with Crippen molar-refractivity contribution in [1.82, 2.24) is 14.5 Å². The summed E-state index contributed by atoms with van der Waals surface area (Å²) in [5.41, 5.74) is 5.64. The monoisotopic (exact) mass is 604 g/mol. The number of carbonyl (C=O) groups excluding carboxylic acids is 1. The molecule has 0 aliphatic carbocycles. The summed E-state index contributed by atoms with van der Waals surface area (Å²) < 4.78 is 40.9. The highest BCUT2D eigenvalue weighted by Gasteiger charge is 2.24. The molecule has 0 amide bonds. The van der Waals surface area contributed by atoms with Gasteiger partial charge in [-0.3, -0.25) is 0 Å². The van der Waals surface area contributed by atoms with Crippen molar-refractivity contribution in [2.75, 3.05) is 20.3 Å². The van der Waals surface area contributed by atoms with Crippen LogP contribution in [0.3, 0.4) is 0 Å². The third-order valence-corrected chi connectivity index (χ3v) is 8.25. The van der Waals surface area contributed by atoms with E-state index in [1.165, 1.54) is 13.2 Å². The predicted octanol–water partition coefficient (Wildman–Crippen LogP) is 6.47. The van der Waals surface area contributed by atoms with Crippen LogP contribution in [0.2, 0.25) is 0 Å². The second kappa shape index (κ2) is 12.0. The number of ether oxygens (including phenoxy) is 4. The van der Waals surface area contributed by atoms with Crippen LogP contribution in [-0.4, -0.2) is 46.9 Å². The van der Waals surface area contributed by atoms with Gasteiger partial charge in [-0.25, -0.2) is 24.0 Å². The number of benzene rings is 3. The molecule has 3 aromatic carbocycles. The molecule has 9 nitrogen and oxygen atoms in total. The van der Waals surface area contributed by atoms with Crippen molar-refractivity contribution in [3.05, 3.63) is 112 Å². The highest BCUT2D eigenvalue weighted by molar-refractivity contribution is 5.93. The Bertz CT molecular complexity index is 1980. The standard InChI is InChI=1S/C35H29FN4O5/c1-37-25-8-6-23-20-45-34-5-3-4-29(39-34)27-18-32(44-12-10-21(23)14-25)24(15-28(27)36)17-33-38-30-9-7-22(35(41)42-2)16-31(30)40(33)19-26-11-13-43-26/h3-9,14-16,18,26H,10-13,17,19-20H2,2H3/t26-/m0/s1. The number of halogens is 1. The average Bonchev–Trinajstić information content (AvgIpc) is 3.38. The van der Waals surface area contributed by atoms with Crippen LogP contribution in [0.4, 0.5) is 10.1 Å². The molecule has 1 atom stereocenters. The Morgan fingerprint density at radius 1 is 1.07 bits per heavy atom. The van der Waals surface area contributed by atoms with Crippen molar-refractivity contribution in [1.29, 1.82) is 0 Å². The van der Waals surface area contributed by atoms with Crippen molar-refractivity contribution < 1.29 is 28.1 Å². The van der Waals surface area contributed by atoms with Crippen LogP contribution >= 0.6 is 0 Å². The molecule has 0 radical (unpaired) electrons. The maximum absolute atomic E-state index is 15.9. The third kappa shape index (κ3) is 5.70. The van der Waals surface area contributed by atoms with Crippen LogP contribution in [0.25, 0.3) is 27.1 Å². The number of aromatic nitrogens is 3. The zero-order valence-electron chi connectivity index (χ0n) is 24.6. The van der Waals surface area contributed by atoms with Crippen LogP contribution in [0.15, 0.2) is 66.7 Å². The summed E-state index contributed by atoms with van der Waals surface area (Å²) >= 11 is 0. The van der Waals surface area contributed by atoms with Gasteiger partial charge in [0.15, 0.2) is 5.69 Å². The summed E-state index contributed by atoms with van der Waals surface area (Å²) in [6.45, 7) is 9.26. The summed E-state index contributed by atoms with van der Waals surface area (Å²) in [5, 5.41) is 0. The molecule has 45 heavy (non-hydrogen) atoms. The molecular weight excluding hydrogens is 575 g/mol. The number of hydrogen-bond donors (Lipinski definition) is 0. The number of methoxy groups -OCH3 is 1. The molecule has 4 bridgehead atoms. The van der Waals surface area contributed by atoms with Crippen molar-refractivity contribution >= 4 is 22.7 Å². The van der Waals surface area contributed by atoms with Gasteiger partial charge >= 0.3 is 5.97 Å². The number of nitrogens with zero attached hydrogens (tertiary/aromatic N) is 4. The molecule has 10 heteroatoms. The minimum absolute atomic E-state index is 0.0215. The van der Waals surface area contributed by atoms with E-state index in [0.717, 1.165) is 23.1 Å². The minimum atomic E-state index is -0.445. The molecule has 1 saturated heterocycles. The topological polar surface area (TPSA) is 89.1 Å². The van der Waals surface area contributed by atoms with Gasteiger partial charge in [0.05, 0.1) is 55.2 Å². The van der Waals surface area contributed by atoms with E-state index in [9.17, 15) is 4.79 Å². The van der Waals surface area contributed by atoms with E-state index in [2.05, 4.69) is 9.83 Å². The van der Waals surface area contributed by atoms with E-state index in [0.29, 0.717) is 77.2 Å². The molecule has 226 valence electrons. The first-order valence-electron chi connectivity index (χ1n) is 14.7. The Hall–Kier alpha value is -5.27. The first-order chi connectivity index (χ1) is 22.0. The van der Waals surface area contributed by atoms with Gasteiger partial charge in [-0.05, 0) is 53.9 Å². The normalized spacial score (nSPS) is 15.6. The Labute approximate surface area is 259 Å². The van der Waals surface area contributed by atoms with Gasteiger partial charge < -0.3 is 23.5 Å². The fourth-order valence-corrected chi connectivity index (χ4v) is 5.75. The van der Waals surface area contributed by atoms with Crippen molar-refractivity contribution in [2.24, 2.45) is 0 Å². The second-order valence-corrected chi connectivity index (χ2v) is 11.0. The molecule has 5 aromatic rings. The number of esters is 1. The average molecular weight is 605 g/mol. The van der Waals surface area contributed by atoms with Gasteiger partial charge in [-0.15, -0.1) is 0 Å². The smallest absolute Gasteiger partial charge is 0.337 e. The van der Waals surface area contributed by atoms with Crippen LogP contribution < -0.4 is 9.47 Å². The van der Waals surface area contributed by atoms with E-state index < -0.39 is 11.8 Å². The quantitative estimate of drug-likeness (QED) is 0.168. The number of hydrogen-bond acceptors (Lipinski definition) is 7. The number of carbonyl (C=O) groups is 1. The van der Waals surface area contributed by atoms with E-state index >= 15 is 4.39 Å². The van der Waals surface area contributed by atoms with Crippen LogP contribution in [0.5, 0.6) is 11.6 Å². The summed E-state index contributed by atoms with van der Waals surface area (Å²) in [7, 11) is 1.35. The predicted molar refractivity (Wildman–Crippen MR) is 164 cm³/mol. The van der Waals surface area contributed by atoms with Crippen LogP contribution in [-0.2, 0) is 35.5 Å². The van der Waals surface area contributed by atoms with Gasteiger partial charge in [0, 0.05) is 36.6 Å². The van der Waals surface area contributed by atoms with Gasteiger partial charge in [-0.1, -0.05) is 24.3 Å². The molecule has 0 N–H and O–H groups in total.